The van der Waals surface area contributed by atoms with Gasteiger partial charge in [-0.2, -0.15) is 0 Å². The number of hydrogen-bond donors (Lipinski definition) is 1. The van der Waals surface area contributed by atoms with Crippen LogP contribution in [0.4, 0.5) is 0 Å². The summed E-state index contributed by atoms with van der Waals surface area (Å²) in [6.07, 6.45) is 0. The van der Waals surface area contributed by atoms with Crippen LogP contribution in [0.5, 0.6) is 5.75 Å². The van der Waals surface area contributed by atoms with E-state index in [1.165, 1.54) is 0 Å². The van der Waals surface area contributed by atoms with E-state index in [0.29, 0.717) is 24.7 Å². The third kappa shape index (κ3) is 5.15. The summed E-state index contributed by atoms with van der Waals surface area (Å²) in [6, 6.07) is 3.68. The average Bonchev–Trinajstić information content (AvgIpc) is 2.24. The van der Waals surface area contributed by atoms with Crippen molar-refractivity contribution in [2.45, 2.75) is 39.9 Å². The molecule has 0 fully saturated rings. The van der Waals surface area contributed by atoms with Crippen molar-refractivity contribution < 1.29 is 14.6 Å². The second kappa shape index (κ2) is 5.98. The van der Waals surface area contributed by atoms with Crippen LogP contribution in [-0.4, -0.2) is 28.9 Å². The van der Waals surface area contributed by atoms with Gasteiger partial charge in [0, 0.05) is 5.69 Å². The van der Waals surface area contributed by atoms with Gasteiger partial charge in [-0.3, -0.25) is 4.98 Å². The number of hydrogen-bond acceptors (Lipinski definition) is 4. The number of aliphatic hydroxyl groups is 1. The molecule has 1 N–H and O–H groups in total. The molecule has 0 unspecified atom stereocenters. The van der Waals surface area contributed by atoms with Gasteiger partial charge in [-0.05, 0) is 39.8 Å². The largest absolute Gasteiger partial charge is 0.489 e. The van der Waals surface area contributed by atoms with Crippen molar-refractivity contribution >= 4 is 0 Å². The van der Waals surface area contributed by atoms with Crippen LogP contribution in [0, 0.1) is 6.92 Å². The predicted octanol–water partition coefficient (Wildman–Crippen LogP) is 2.08. The van der Waals surface area contributed by atoms with Crippen molar-refractivity contribution in [3.63, 3.8) is 0 Å². The monoisotopic (exact) mass is 239 g/mol. The minimum absolute atomic E-state index is 0.114. The highest BCUT2D eigenvalue weighted by atomic mass is 16.5. The van der Waals surface area contributed by atoms with Crippen molar-refractivity contribution in [3.05, 3.63) is 23.5 Å². The third-order valence-electron chi connectivity index (χ3n) is 2.10. The van der Waals surface area contributed by atoms with Crippen molar-refractivity contribution in [2.24, 2.45) is 0 Å². The number of pyridine rings is 1. The zero-order chi connectivity index (χ0) is 12.9. The molecule has 0 aromatic carbocycles. The average molecular weight is 239 g/mol. The van der Waals surface area contributed by atoms with E-state index >= 15 is 0 Å². The van der Waals surface area contributed by atoms with E-state index in [9.17, 15) is 0 Å². The molecule has 1 heterocycles. The first-order valence-electron chi connectivity index (χ1n) is 5.76. The highest BCUT2D eigenvalue weighted by molar-refractivity contribution is 5.28. The molecule has 0 saturated carbocycles. The van der Waals surface area contributed by atoms with Crippen molar-refractivity contribution in [1.29, 1.82) is 0 Å². The normalized spacial score (nSPS) is 11.6. The molecule has 0 aliphatic rings. The Morgan fingerprint density at radius 1 is 1.24 bits per heavy atom. The molecule has 17 heavy (non-hydrogen) atoms. The first-order valence-corrected chi connectivity index (χ1v) is 5.76. The lowest BCUT2D eigenvalue weighted by Gasteiger charge is -2.19. The van der Waals surface area contributed by atoms with E-state index in [1.54, 1.807) is 0 Å². The second-order valence-corrected chi connectivity index (χ2v) is 4.86. The number of rotatable bonds is 5. The molecule has 1 aromatic heterocycles. The molecule has 0 atom stereocenters. The van der Waals surface area contributed by atoms with Crippen LogP contribution in [0.15, 0.2) is 12.1 Å². The minimum Gasteiger partial charge on any atom is -0.489 e. The molecule has 0 radical (unpaired) electrons. The van der Waals surface area contributed by atoms with Gasteiger partial charge in [0.25, 0.3) is 0 Å². The molecule has 0 aliphatic heterocycles. The fourth-order valence-corrected chi connectivity index (χ4v) is 1.34. The third-order valence-corrected chi connectivity index (χ3v) is 2.10. The molecule has 0 saturated heterocycles. The van der Waals surface area contributed by atoms with Gasteiger partial charge >= 0.3 is 0 Å². The van der Waals surface area contributed by atoms with Crippen LogP contribution in [0.25, 0.3) is 0 Å². The van der Waals surface area contributed by atoms with Gasteiger partial charge in [0.1, 0.15) is 18.1 Å². The van der Waals surface area contributed by atoms with Crippen LogP contribution < -0.4 is 4.74 Å². The Morgan fingerprint density at radius 2 is 1.94 bits per heavy atom. The summed E-state index contributed by atoms with van der Waals surface area (Å²) in [5, 5.41) is 9.15. The van der Waals surface area contributed by atoms with Crippen molar-refractivity contribution in [2.75, 3.05) is 13.2 Å². The Morgan fingerprint density at radius 3 is 2.53 bits per heavy atom. The molecule has 1 aromatic rings. The van der Waals surface area contributed by atoms with Gasteiger partial charge in [-0.25, -0.2) is 0 Å². The highest BCUT2D eigenvalue weighted by Gasteiger charge is 2.10. The molecule has 1 rings (SSSR count). The van der Waals surface area contributed by atoms with Crippen LogP contribution in [0.1, 0.15) is 32.2 Å². The topological polar surface area (TPSA) is 51.6 Å². The lowest BCUT2D eigenvalue weighted by atomic mass is 10.2. The van der Waals surface area contributed by atoms with Gasteiger partial charge < -0.3 is 14.6 Å². The zero-order valence-electron chi connectivity index (χ0n) is 11.0. The van der Waals surface area contributed by atoms with Crippen LogP contribution in [0.3, 0.4) is 0 Å². The molecule has 0 spiro atoms. The molecular weight excluding hydrogens is 218 g/mol. The Hall–Kier alpha value is -1.13. The number of aliphatic hydroxyl groups excluding tert-OH is 1. The summed E-state index contributed by atoms with van der Waals surface area (Å²) in [5.41, 5.74) is 1.28. The van der Waals surface area contributed by atoms with Gasteiger partial charge in [-0.1, -0.05) is 0 Å². The van der Waals surface area contributed by atoms with Crippen molar-refractivity contribution in [1.82, 2.24) is 4.98 Å². The summed E-state index contributed by atoms with van der Waals surface area (Å²) in [5.74, 6) is 0.621. The molecule has 4 nitrogen and oxygen atoms in total. The number of aromatic nitrogens is 1. The maximum Gasteiger partial charge on any atom is 0.143 e. The fraction of sp³-hybridized carbons (Fsp3) is 0.615. The SMILES string of the molecule is Cc1ccc(OCCOC(C)(C)C)c(CO)n1. The summed E-state index contributed by atoms with van der Waals surface area (Å²) in [6.45, 7) is 8.73. The first kappa shape index (κ1) is 13.9. The van der Waals surface area contributed by atoms with Gasteiger partial charge in [0.05, 0.1) is 18.8 Å². The lowest BCUT2D eigenvalue weighted by molar-refractivity contribution is -0.0165. The van der Waals surface area contributed by atoms with Gasteiger partial charge in [0.15, 0.2) is 0 Å². The molecule has 0 amide bonds. The maximum absolute atomic E-state index is 9.15. The fourth-order valence-electron chi connectivity index (χ4n) is 1.34. The predicted molar refractivity (Wildman–Crippen MR) is 66.1 cm³/mol. The van der Waals surface area contributed by atoms with E-state index in [0.717, 1.165) is 5.69 Å². The smallest absolute Gasteiger partial charge is 0.143 e. The maximum atomic E-state index is 9.15. The van der Waals surface area contributed by atoms with Crippen LogP contribution in [-0.2, 0) is 11.3 Å². The standard InChI is InChI=1S/C13H21NO3/c1-10-5-6-12(11(9-15)14-10)16-7-8-17-13(2,3)4/h5-6,15H,7-9H2,1-4H3. The Kier molecular flexibility index (Phi) is 4.90. The quantitative estimate of drug-likeness (QED) is 0.799. The Bertz CT molecular complexity index is 358. The summed E-state index contributed by atoms with van der Waals surface area (Å²) >= 11 is 0. The van der Waals surface area contributed by atoms with Crippen molar-refractivity contribution in [3.8, 4) is 5.75 Å². The highest BCUT2D eigenvalue weighted by Crippen LogP contribution is 2.17. The van der Waals surface area contributed by atoms with Gasteiger partial charge in [-0.15, -0.1) is 0 Å². The van der Waals surface area contributed by atoms with E-state index in [-0.39, 0.29) is 12.2 Å². The van der Waals surface area contributed by atoms with Crippen LogP contribution in [0.2, 0.25) is 0 Å². The Balaban J connectivity index is 2.46. The summed E-state index contributed by atoms with van der Waals surface area (Å²) in [7, 11) is 0. The summed E-state index contributed by atoms with van der Waals surface area (Å²) in [4.78, 5) is 4.20. The number of ether oxygens (including phenoxy) is 2. The molecule has 0 aliphatic carbocycles. The van der Waals surface area contributed by atoms with Crippen LogP contribution >= 0.6 is 0 Å². The minimum atomic E-state index is -0.158. The van der Waals surface area contributed by atoms with E-state index < -0.39 is 0 Å². The molecule has 96 valence electrons. The zero-order valence-corrected chi connectivity index (χ0v) is 11.0. The molecule has 0 bridgehead atoms. The van der Waals surface area contributed by atoms with E-state index in [1.807, 2.05) is 39.8 Å². The van der Waals surface area contributed by atoms with E-state index in [4.69, 9.17) is 14.6 Å². The Labute approximate surface area is 103 Å². The second-order valence-electron chi connectivity index (χ2n) is 4.86. The van der Waals surface area contributed by atoms with E-state index in [2.05, 4.69) is 4.98 Å². The lowest BCUT2D eigenvalue weighted by Crippen LogP contribution is -2.22. The number of nitrogens with zero attached hydrogens (tertiary/aromatic N) is 1. The number of aryl methyl sites for hydroxylation is 1. The van der Waals surface area contributed by atoms with Gasteiger partial charge in [0.2, 0.25) is 0 Å². The first-order chi connectivity index (χ1) is 7.92. The molecular formula is C13H21NO3. The molecule has 4 heteroatoms. The summed E-state index contributed by atoms with van der Waals surface area (Å²) < 4.78 is 11.1.